The summed E-state index contributed by atoms with van der Waals surface area (Å²) in [7, 11) is 0. The summed E-state index contributed by atoms with van der Waals surface area (Å²) < 4.78 is 10.4. The Morgan fingerprint density at radius 2 is 2.33 bits per heavy atom. The average Bonchev–Trinajstić information content (AvgIpc) is 2.77. The van der Waals surface area contributed by atoms with Crippen molar-refractivity contribution in [3.8, 4) is 6.07 Å². The second-order valence-corrected chi connectivity index (χ2v) is 5.22. The number of nitrogens with zero attached hydrogens (tertiary/aromatic N) is 2. The van der Waals surface area contributed by atoms with Crippen LogP contribution in [0, 0.1) is 16.7 Å². The van der Waals surface area contributed by atoms with Crippen LogP contribution in [0.2, 0.25) is 0 Å². The highest BCUT2D eigenvalue weighted by Crippen LogP contribution is 2.46. The van der Waals surface area contributed by atoms with Gasteiger partial charge in [0.05, 0.1) is 31.2 Å². The van der Waals surface area contributed by atoms with Crippen LogP contribution in [-0.2, 0) is 19.1 Å². The van der Waals surface area contributed by atoms with Crippen LogP contribution in [0.1, 0.15) is 27.2 Å². The van der Waals surface area contributed by atoms with E-state index in [4.69, 9.17) is 9.47 Å². The normalized spacial score (nSPS) is 33.1. The van der Waals surface area contributed by atoms with Gasteiger partial charge < -0.3 is 14.4 Å². The summed E-state index contributed by atoms with van der Waals surface area (Å²) in [4.78, 5) is 25.5. The van der Waals surface area contributed by atoms with Crippen LogP contribution in [0.3, 0.4) is 0 Å². The predicted molar refractivity (Wildman–Crippen MR) is 60.0 cm³/mol. The highest BCUT2D eigenvalue weighted by molar-refractivity contribution is 5.93. The zero-order valence-corrected chi connectivity index (χ0v) is 10.7. The first-order valence-corrected chi connectivity index (χ1v) is 5.91. The molecule has 2 aliphatic heterocycles. The lowest BCUT2D eigenvalue weighted by Gasteiger charge is -2.30. The third-order valence-corrected chi connectivity index (χ3v) is 3.44. The number of ether oxygens (including phenoxy) is 2. The van der Waals surface area contributed by atoms with Crippen molar-refractivity contribution < 1.29 is 19.1 Å². The van der Waals surface area contributed by atoms with Crippen molar-refractivity contribution in [2.45, 2.75) is 39.0 Å². The number of carbonyl (C=O) groups is 2. The van der Waals surface area contributed by atoms with Gasteiger partial charge in [-0.15, -0.1) is 0 Å². The third-order valence-electron chi connectivity index (χ3n) is 3.44. The van der Waals surface area contributed by atoms with E-state index in [0.29, 0.717) is 6.61 Å². The lowest BCUT2D eigenvalue weighted by atomic mass is 9.87. The number of carbonyl (C=O) groups excluding carboxylic acids is 2. The van der Waals surface area contributed by atoms with Crippen LogP contribution >= 0.6 is 0 Å². The van der Waals surface area contributed by atoms with Crippen LogP contribution in [0.5, 0.6) is 0 Å². The van der Waals surface area contributed by atoms with Crippen molar-refractivity contribution in [1.29, 1.82) is 5.26 Å². The Bertz CT molecular complexity index is 440. The fourth-order valence-corrected chi connectivity index (χ4v) is 2.56. The van der Waals surface area contributed by atoms with Gasteiger partial charge in [0.1, 0.15) is 0 Å². The molecule has 6 heteroatoms. The molecule has 0 bridgehead atoms. The van der Waals surface area contributed by atoms with Crippen molar-refractivity contribution >= 4 is 11.9 Å². The van der Waals surface area contributed by atoms with Gasteiger partial charge in [-0.1, -0.05) is 0 Å². The summed E-state index contributed by atoms with van der Waals surface area (Å²) >= 11 is 0. The van der Waals surface area contributed by atoms with Crippen LogP contribution in [0.25, 0.3) is 0 Å². The molecule has 0 aromatic carbocycles. The fraction of sp³-hybridized carbons (Fsp3) is 0.750. The molecule has 2 heterocycles. The molecule has 18 heavy (non-hydrogen) atoms. The summed E-state index contributed by atoms with van der Waals surface area (Å²) in [5.41, 5.74) is -2.02. The molecule has 0 N–H and O–H groups in total. The van der Waals surface area contributed by atoms with E-state index < -0.39 is 23.2 Å². The standard InChI is InChI=1S/C12H16N2O4/c1-4-17-10(16)12(6-13)5-8(15)14-9(12)18-7-11(14,2)3/h9H,4-5,7H2,1-3H3/t9-,12-/m0/s1. The minimum Gasteiger partial charge on any atom is -0.465 e. The van der Waals surface area contributed by atoms with Crippen molar-refractivity contribution in [2.24, 2.45) is 5.41 Å². The largest absolute Gasteiger partial charge is 0.465 e. The molecule has 0 saturated carbocycles. The van der Waals surface area contributed by atoms with Gasteiger partial charge >= 0.3 is 5.97 Å². The molecule has 2 saturated heterocycles. The lowest BCUT2D eigenvalue weighted by molar-refractivity contribution is -0.159. The number of amides is 1. The molecule has 0 aromatic rings. The van der Waals surface area contributed by atoms with Gasteiger partial charge in [-0.05, 0) is 20.8 Å². The first-order valence-electron chi connectivity index (χ1n) is 5.91. The zero-order valence-electron chi connectivity index (χ0n) is 10.7. The Balaban J connectivity index is 2.39. The molecule has 6 nitrogen and oxygen atoms in total. The molecule has 2 rings (SSSR count). The van der Waals surface area contributed by atoms with E-state index in [1.807, 2.05) is 19.9 Å². The van der Waals surface area contributed by atoms with Gasteiger partial charge in [0.2, 0.25) is 11.3 Å². The van der Waals surface area contributed by atoms with E-state index in [-0.39, 0.29) is 18.9 Å². The highest BCUT2D eigenvalue weighted by Gasteiger charge is 2.65. The first-order chi connectivity index (χ1) is 8.39. The summed E-state index contributed by atoms with van der Waals surface area (Å²) in [5.74, 6) is -0.914. The average molecular weight is 252 g/mol. The van der Waals surface area contributed by atoms with Crippen molar-refractivity contribution in [3.05, 3.63) is 0 Å². The summed E-state index contributed by atoms with van der Waals surface area (Å²) in [6, 6.07) is 1.94. The van der Waals surface area contributed by atoms with E-state index in [2.05, 4.69) is 0 Å². The van der Waals surface area contributed by atoms with E-state index in [1.165, 1.54) is 4.90 Å². The minimum atomic E-state index is -1.53. The summed E-state index contributed by atoms with van der Waals surface area (Å²) in [6.07, 6.45) is -1.000. The fourth-order valence-electron chi connectivity index (χ4n) is 2.56. The first kappa shape index (κ1) is 12.8. The number of rotatable bonds is 2. The zero-order chi connectivity index (χ0) is 13.6. The lowest BCUT2D eigenvalue weighted by Crippen LogP contribution is -2.47. The molecular weight excluding hydrogens is 236 g/mol. The van der Waals surface area contributed by atoms with E-state index in [0.717, 1.165) is 0 Å². The van der Waals surface area contributed by atoms with Crippen molar-refractivity contribution in [1.82, 2.24) is 4.90 Å². The van der Waals surface area contributed by atoms with Crippen molar-refractivity contribution in [3.63, 3.8) is 0 Å². The Labute approximate surface area is 105 Å². The molecule has 0 spiro atoms. The second-order valence-electron chi connectivity index (χ2n) is 5.22. The monoisotopic (exact) mass is 252 g/mol. The van der Waals surface area contributed by atoms with Gasteiger partial charge in [0.25, 0.3) is 0 Å². The smallest absolute Gasteiger partial charge is 0.331 e. The predicted octanol–water partition coefficient (Wildman–Crippen LogP) is 0.427. The Morgan fingerprint density at radius 1 is 1.67 bits per heavy atom. The van der Waals surface area contributed by atoms with Gasteiger partial charge in [-0.25, -0.2) is 0 Å². The van der Waals surface area contributed by atoms with Gasteiger partial charge in [-0.3, -0.25) is 9.59 Å². The Hall–Kier alpha value is -1.61. The second kappa shape index (κ2) is 3.95. The number of hydrogen-bond donors (Lipinski definition) is 0. The molecule has 0 unspecified atom stereocenters. The van der Waals surface area contributed by atoms with Crippen LogP contribution < -0.4 is 0 Å². The van der Waals surface area contributed by atoms with E-state index >= 15 is 0 Å². The molecule has 2 aliphatic rings. The van der Waals surface area contributed by atoms with Crippen molar-refractivity contribution in [2.75, 3.05) is 13.2 Å². The maximum atomic E-state index is 12.0. The SMILES string of the molecule is CCOC(=O)[C@]1(C#N)CC(=O)N2[C@H]1OCC2(C)C. The van der Waals surface area contributed by atoms with Gasteiger partial charge in [-0.2, -0.15) is 5.26 Å². The summed E-state index contributed by atoms with van der Waals surface area (Å²) in [6.45, 7) is 5.85. The maximum absolute atomic E-state index is 12.0. The summed E-state index contributed by atoms with van der Waals surface area (Å²) in [5, 5.41) is 9.34. The molecular formula is C12H16N2O4. The van der Waals surface area contributed by atoms with Crippen LogP contribution in [-0.4, -0.2) is 41.8 Å². The maximum Gasteiger partial charge on any atom is 0.331 e. The molecule has 2 atom stereocenters. The number of esters is 1. The molecule has 0 aromatic heterocycles. The van der Waals surface area contributed by atoms with Crippen LogP contribution in [0.4, 0.5) is 0 Å². The van der Waals surface area contributed by atoms with Gasteiger partial charge in [0.15, 0.2) is 6.23 Å². The molecule has 1 amide bonds. The minimum absolute atomic E-state index is 0.170. The Morgan fingerprint density at radius 3 is 2.89 bits per heavy atom. The number of fused-ring (bicyclic) bond motifs is 1. The molecule has 0 radical (unpaired) electrons. The molecule has 0 aliphatic carbocycles. The van der Waals surface area contributed by atoms with E-state index in [9.17, 15) is 14.9 Å². The van der Waals surface area contributed by atoms with Crippen LogP contribution in [0.15, 0.2) is 0 Å². The molecule has 98 valence electrons. The Kier molecular flexibility index (Phi) is 2.82. The quantitative estimate of drug-likeness (QED) is 0.666. The number of nitriles is 1. The number of hydrogen-bond acceptors (Lipinski definition) is 5. The van der Waals surface area contributed by atoms with Gasteiger partial charge in [0, 0.05) is 0 Å². The third kappa shape index (κ3) is 1.51. The highest BCUT2D eigenvalue weighted by atomic mass is 16.5. The topological polar surface area (TPSA) is 79.6 Å². The van der Waals surface area contributed by atoms with E-state index in [1.54, 1.807) is 6.92 Å². The molecule has 2 fully saturated rings.